The molecule has 0 heterocycles. The third-order valence-electron chi connectivity index (χ3n) is 2.89. The number of ether oxygens (including phenoxy) is 1. The summed E-state index contributed by atoms with van der Waals surface area (Å²) in [6.07, 6.45) is -0.803. The van der Waals surface area contributed by atoms with Crippen LogP contribution in [-0.4, -0.2) is 12.0 Å². The molecule has 0 aliphatic rings. The number of amides is 1. The second-order valence-electron chi connectivity index (χ2n) is 4.46. The predicted octanol–water partition coefficient (Wildman–Crippen LogP) is 4.27. The number of benzene rings is 2. The van der Waals surface area contributed by atoms with E-state index in [1.807, 2.05) is 6.07 Å². The predicted molar refractivity (Wildman–Crippen MR) is 86.3 cm³/mol. The minimum absolute atomic E-state index is 0.251. The average molecular weight is 335 g/mol. The van der Waals surface area contributed by atoms with Crippen molar-refractivity contribution >= 4 is 34.8 Å². The number of carbonyl (C=O) groups is 1. The topological polar surface area (TPSA) is 62.1 Å². The molecule has 1 N–H and O–H groups in total. The molecule has 0 saturated carbocycles. The molecule has 0 fully saturated rings. The molecule has 0 spiro atoms. The summed E-state index contributed by atoms with van der Waals surface area (Å²) in [5, 5.41) is 12.3. The molecule has 4 nitrogen and oxygen atoms in total. The fraction of sp³-hybridized carbons (Fsp3) is 0.125. The normalized spacial score (nSPS) is 11.4. The van der Waals surface area contributed by atoms with E-state index in [1.54, 1.807) is 49.4 Å². The van der Waals surface area contributed by atoms with Crippen LogP contribution >= 0.6 is 23.2 Å². The Bertz CT molecular complexity index is 741. The van der Waals surface area contributed by atoms with Crippen LogP contribution in [0.2, 0.25) is 10.0 Å². The number of nitrogens with one attached hydrogen (secondary N) is 1. The van der Waals surface area contributed by atoms with Gasteiger partial charge in [-0.25, -0.2) is 0 Å². The average Bonchev–Trinajstić information content (AvgIpc) is 2.52. The second-order valence-corrected chi connectivity index (χ2v) is 5.24. The van der Waals surface area contributed by atoms with E-state index < -0.39 is 12.0 Å². The molecule has 0 aromatic heterocycles. The van der Waals surface area contributed by atoms with Crippen LogP contribution in [0.1, 0.15) is 12.5 Å². The van der Waals surface area contributed by atoms with E-state index >= 15 is 0 Å². The van der Waals surface area contributed by atoms with Crippen LogP contribution < -0.4 is 10.1 Å². The fourth-order valence-corrected chi connectivity index (χ4v) is 2.08. The largest absolute Gasteiger partial charge is 0.479 e. The highest BCUT2D eigenvalue weighted by molar-refractivity contribution is 6.42. The summed E-state index contributed by atoms with van der Waals surface area (Å²) in [5.74, 6) is -0.0656. The standard InChI is InChI=1S/C16H12Cl2N2O2/c1-10(22-14-8-4-6-12(17)15(14)18)16(21)20-13-7-3-2-5-11(13)9-19/h2-8,10H,1H3,(H,20,21)/t10-/m0/s1. The lowest BCUT2D eigenvalue weighted by atomic mass is 10.2. The molecule has 112 valence electrons. The molecule has 6 heteroatoms. The number of nitrogens with zero attached hydrogens (tertiary/aromatic N) is 1. The summed E-state index contributed by atoms with van der Waals surface area (Å²) in [6, 6.07) is 13.7. The highest BCUT2D eigenvalue weighted by atomic mass is 35.5. The summed E-state index contributed by atoms with van der Waals surface area (Å²) < 4.78 is 5.52. The van der Waals surface area contributed by atoms with Gasteiger partial charge in [-0.2, -0.15) is 5.26 Å². The number of para-hydroxylation sites is 1. The molecule has 0 saturated heterocycles. The Balaban J connectivity index is 2.10. The number of hydrogen-bond donors (Lipinski definition) is 1. The van der Waals surface area contributed by atoms with Crippen LogP contribution in [0.5, 0.6) is 5.75 Å². The van der Waals surface area contributed by atoms with E-state index in [0.29, 0.717) is 22.0 Å². The van der Waals surface area contributed by atoms with Gasteiger partial charge in [-0.3, -0.25) is 4.79 Å². The van der Waals surface area contributed by atoms with E-state index in [-0.39, 0.29) is 5.02 Å². The van der Waals surface area contributed by atoms with Crippen LogP contribution in [0.25, 0.3) is 0 Å². The molecule has 2 rings (SSSR count). The smallest absolute Gasteiger partial charge is 0.265 e. The Hall–Kier alpha value is -2.22. The first-order valence-electron chi connectivity index (χ1n) is 6.43. The molecule has 2 aromatic rings. The lowest BCUT2D eigenvalue weighted by molar-refractivity contribution is -0.122. The summed E-state index contributed by atoms with van der Waals surface area (Å²) in [6.45, 7) is 1.58. The first-order chi connectivity index (χ1) is 10.5. The molecular formula is C16H12Cl2N2O2. The Kier molecular flexibility index (Phi) is 5.26. The van der Waals surface area contributed by atoms with Crippen LogP contribution in [0.15, 0.2) is 42.5 Å². The molecule has 0 unspecified atom stereocenters. The molecule has 2 aromatic carbocycles. The fourth-order valence-electron chi connectivity index (χ4n) is 1.74. The van der Waals surface area contributed by atoms with Crippen LogP contribution in [0.4, 0.5) is 5.69 Å². The lowest BCUT2D eigenvalue weighted by Gasteiger charge is -2.16. The van der Waals surface area contributed by atoms with Crippen LogP contribution in [0, 0.1) is 11.3 Å². The molecule has 22 heavy (non-hydrogen) atoms. The van der Waals surface area contributed by atoms with Gasteiger partial charge in [0.2, 0.25) is 0 Å². The van der Waals surface area contributed by atoms with Crippen LogP contribution in [0.3, 0.4) is 0 Å². The van der Waals surface area contributed by atoms with Gasteiger partial charge in [0, 0.05) is 0 Å². The zero-order chi connectivity index (χ0) is 16.1. The third-order valence-corrected chi connectivity index (χ3v) is 3.70. The van der Waals surface area contributed by atoms with E-state index in [9.17, 15) is 4.79 Å². The van der Waals surface area contributed by atoms with Crippen molar-refractivity contribution in [3.63, 3.8) is 0 Å². The van der Waals surface area contributed by atoms with Crippen molar-refractivity contribution in [3.8, 4) is 11.8 Å². The van der Waals surface area contributed by atoms with Crippen molar-refractivity contribution in [1.82, 2.24) is 0 Å². The van der Waals surface area contributed by atoms with Crippen molar-refractivity contribution in [2.75, 3.05) is 5.32 Å². The van der Waals surface area contributed by atoms with Gasteiger partial charge < -0.3 is 10.1 Å². The monoisotopic (exact) mass is 334 g/mol. The van der Waals surface area contributed by atoms with Crippen molar-refractivity contribution in [2.24, 2.45) is 0 Å². The van der Waals surface area contributed by atoms with E-state index in [0.717, 1.165) is 0 Å². The van der Waals surface area contributed by atoms with Gasteiger partial charge in [-0.1, -0.05) is 41.4 Å². The van der Waals surface area contributed by atoms with Crippen molar-refractivity contribution in [2.45, 2.75) is 13.0 Å². The van der Waals surface area contributed by atoms with E-state index in [1.165, 1.54) is 0 Å². The number of halogens is 2. The SMILES string of the molecule is C[C@H](Oc1cccc(Cl)c1Cl)C(=O)Nc1ccccc1C#N. The molecule has 1 atom stereocenters. The van der Waals surface area contributed by atoms with Crippen LogP contribution in [-0.2, 0) is 4.79 Å². The molecule has 0 aliphatic carbocycles. The third kappa shape index (κ3) is 3.70. The highest BCUT2D eigenvalue weighted by Gasteiger charge is 2.18. The van der Waals surface area contributed by atoms with Gasteiger partial charge >= 0.3 is 0 Å². The van der Waals surface area contributed by atoms with Crippen molar-refractivity contribution in [3.05, 3.63) is 58.1 Å². The lowest BCUT2D eigenvalue weighted by Crippen LogP contribution is -2.30. The van der Waals surface area contributed by atoms with E-state index in [2.05, 4.69) is 5.32 Å². The number of hydrogen-bond acceptors (Lipinski definition) is 3. The Labute approximate surface area is 138 Å². The van der Waals surface area contributed by atoms with Gasteiger partial charge in [0.1, 0.15) is 16.8 Å². The maximum Gasteiger partial charge on any atom is 0.265 e. The zero-order valence-electron chi connectivity index (χ0n) is 11.6. The summed E-state index contributed by atoms with van der Waals surface area (Å²) in [7, 11) is 0. The summed E-state index contributed by atoms with van der Waals surface area (Å²) >= 11 is 11.9. The minimum atomic E-state index is -0.803. The first-order valence-corrected chi connectivity index (χ1v) is 7.19. The maximum atomic E-state index is 12.2. The molecule has 0 aliphatic heterocycles. The quantitative estimate of drug-likeness (QED) is 0.907. The van der Waals surface area contributed by atoms with Gasteiger partial charge in [-0.15, -0.1) is 0 Å². The molecule has 0 bridgehead atoms. The Morgan fingerprint density at radius 2 is 1.95 bits per heavy atom. The summed E-state index contributed by atoms with van der Waals surface area (Å²) in [4.78, 5) is 12.2. The van der Waals surface area contributed by atoms with Crippen molar-refractivity contribution in [1.29, 1.82) is 5.26 Å². The van der Waals surface area contributed by atoms with E-state index in [4.69, 9.17) is 33.2 Å². The number of anilines is 1. The van der Waals surface area contributed by atoms with Gasteiger partial charge in [0.05, 0.1) is 16.3 Å². The Morgan fingerprint density at radius 3 is 2.68 bits per heavy atom. The zero-order valence-corrected chi connectivity index (χ0v) is 13.2. The maximum absolute atomic E-state index is 12.2. The van der Waals surface area contributed by atoms with Gasteiger partial charge in [-0.05, 0) is 31.2 Å². The minimum Gasteiger partial charge on any atom is -0.479 e. The highest BCUT2D eigenvalue weighted by Crippen LogP contribution is 2.32. The first kappa shape index (κ1) is 16.2. The van der Waals surface area contributed by atoms with Gasteiger partial charge in [0.15, 0.2) is 6.10 Å². The number of rotatable bonds is 4. The van der Waals surface area contributed by atoms with Gasteiger partial charge in [0.25, 0.3) is 5.91 Å². The Morgan fingerprint density at radius 1 is 1.23 bits per heavy atom. The summed E-state index contributed by atoms with van der Waals surface area (Å²) in [5.41, 5.74) is 0.812. The second kappa shape index (κ2) is 7.17. The number of carbonyl (C=O) groups excluding carboxylic acids is 1. The molecular weight excluding hydrogens is 323 g/mol. The number of nitriles is 1. The molecule has 0 radical (unpaired) electrons. The molecule has 1 amide bonds. The van der Waals surface area contributed by atoms with Crippen molar-refractivity contribution < 1.29 is 9.53 Å².